The lowest BCUT2D eigenvalue weighted by Gasteiger charge is -2.36. The number of para-hydroxylation sites is 1. The highest BCUT2D eigenvalue weighted by Crippen LogP contribution is 2.43. The van der Waals surface area contributed by atoms with Crippen LogP contribution in [0.3, 0.4) is 0 Å². The molecule has 0 spiro atoms. The maximum atomic E-state index is 12.0. The summed E-state index contributed by atoms with van der Waals surface area (Å²) < 4.78 is 12.9. The van der Waals surface area contributed by atoms with Gasteiger partial charge in [-0.25, -0.2) is 4.98 Å². The zero-order valence-corrected chi connectivity index (χ0v) is 21.1. The summed E-state index contributed by atoms with van der Waals surface area (Å²) >= 11 is 0. The van der Waals surface area contributed by atoms with Crippen LogP contribution in [0, 0.1) is 5.92 Å². The predicted octanol–water partition coefficient (Wildman–Crippen LogP) is 2.19. The molecule has 3 aromatic rings. The van der Waals surface area contributed by atoms with Crippen molar-refractivity contribution in [2.45, 2.75) is 44.1 Å². The lowest BCUT2D eigenvalue weighted by molar-refractivity contribution is -0.890. The first-order valence-electron chi connectivity index (χ1n) is 12.2. The molecule has 0 saturated heterocycles. The lowest BCUT2D eigenvalue weighted by Crippen LogP contribution is -3.00. The van der Waals surface area contributed by atoms with E-state index in [1.54, 1.807) is 6.20 Å². The number of oxazole rings is 1. The molecule has 4 rings (SSSR count). The number of rotatable bonds is 10. The van der Waals surface area contributed by atoms with E-state index in [0.29, 0.717) is 12.5 Å². The third kappa shape index (κ3) is 6.41. The fourth-order valence-corrected chi connectivity index (χ4v) is 4.80. The van der Waals surface area contributed by atoms with Crippen molar-refractivity contribution in [3.8, 4) is 5.75 Å². The molecular formula is C28H37ClN2O3. The Labute approximate surface area is 209 Å². The second-order valence-electron chi connectivity index (χ2n) is 9.89. The van der Waals surface area contributed by atoms with Crippen LogP contribution in [-0.2, 0) is 12.0 Å². The molecule has 5 nitrogen and oxygen atoms in total. The number of likely N-dealkylation sites (N-methyl/N-ethyl adjacent to an activating group) is 1. The Kier molecular flexibility index (Phi) is 9.17. The van der Waals surface area contributed by atoms with Gasteiger partial charge in [-0.05, 0) is 30.5 Å². The molecular weight excluding hydrogens is 448 g/mol. The van der Waals surface area contributed by atoms with Crippen molar-refractivity contribution in [1.82, 2.24) is 4.98 Å². The van der Waals surface area contributed by atoms with Crippen LogP contribution in [0.5, 0.6) is 5.75 Å². The van der Waals surface area contributed by atoms with Gasteiger partial charge in [0.15, 0.2) is 5.60 Å². The number of hydrogen-bond acceptors (Lipinski definition) is 4. The fourth-order valence-electron chi connectivity index (χ4n) is 4.80. The number of quaternary nitrogens is 1. The minimum absolute atomic E-state index is 0. The van der Waals surface area contributed by atoms with Crippen molar-refractivity contribution in [2.24, 2.45) is 5.92 Å². The van der Waals surface area contributed by atoms with Crippen LogP contribution in [0.4, 0.5) is 0 Å². The number of ether oxygens (including phenoxy) is 1. The van der Waals surface area contributed by atoms with E-state index in [1.165, 1.54) is 6.42 Å². The molecule has 1 atom stereocenters. The summed E-state index contributed by atoms with van der Waals surface area (Å²) in [5.41, 5.74) is -0.298. The lowest BCUT2D eigenvalue weighted by atomic mass is 9.73. The average Bonchev–Trinajstić information content (AvgIpc) is 3.34. The maximum absolute atomic E-state index is 12.0. The van der Waals surface area contributed by atoms with E-state index in [-0.39, 0.29) is 18.3 Å². The Morgan fingerprint density at radius 2 is 1.62 bits per heavy atom. The summed E-state index contributed by atoms with van der Waals surface area (Å²) in [4.78, 5) is 4.59. The van der Waals surface area contributed by atoms with Crippen LogP contribution in [0.2, 0.25) is 0 Å². The second-order valence-corrected chi connectivity index (χ2v) is 9.89. The number of benzene rings is 2. The standard InChI is InChI=1S/C28H37N2O3.ClH/c1-30(2,20-21-32-25-16-10-5-11-17-25)19-18-26-22-29-27(33-26)28(31,23-12-6-3-7-13-23)24-14-8-4-9-15-24;/h3,5-7,10-13,16-17,22,24,31H,4,8-9,14-15,18-21H2,1-2H3;1H/q+1;/p-1. The van der Waals surface area contributed by atoms with Crippen molar-refractivity contribution < 1.29 is 31.2 Å². The zero-order chi connectivity index (χ0) is 23.2. The van der Waals surface area contributed by atoms with Crippen molar-refractivity contribution in [1.29, 1.82) is 0 Å². The van der Waals surface area contributed by atoms with Crippen molar-refractivity contribution in [2.75, 3.05) is 33.8 Å². The minimum Gasteiger partial charge on any atom is -1.00 e. The molecule has 1 aliphatic carbocycles. The van der Waals surface area contributed by atoms with Gasteiger partial charge in [0.25, 0.3) is 0 Å². The van der Waals surface area contributed by atoms with Gasteiger partial charge in [0.1, 0.15) is 24.7 Å². The van der Waals surface area contributed by atoms with Gasteiger partial charge in [-0.3, -0.25) is 0 Å². The van der Waals surface area contributed by atoms with E-state index in [9.17, 15) is 5.11 Å². The number of hydrogen-bond donors (Lipinski definition) is 1. The van der Waals surface area contributed by atoms with E-state index in [2.05, 4.69) is 19.1 Å². The predicted molar refractivity (Wildman–Crippen MR) is 130 cm³/mol. The largest absolute Gasteiger partial charge is 1.00 e. The van der Waals surface area contributed by atoms with Gasteiger partial charge in [-0.2, -0.15) is 0 Å². The molecule has 184 valence electrons. The third-order valence-corrected chi connectivity index (χ3v) is 6.96. The summed E-state index contributed by atoms with van der Waals surface area (Å²) in [6, 6.07) is 19.8. The maximum Gasteiger partial charge on any atom is 0.231 e. The molecule has 2 aromatic carbocycles. The quantitative estimate of drug-likeness (QED) is 0.448. The molecule has 6 heteroatoms. The topological polar surface area (TPSA) is 55.5 Å². The number of aromatic nitrogens is 1. The summed E-state index contributed by atoms with van der Waals surface area (Å²) in [5, 5.41) is 12.0. The Bertz CT molecular complexity index is 987. The highest BCUT2D eigenvalue weighted by atomic mass is 35.5. The van der Waals surface area contributed by atoms with Gasteiger partial charge in [-0.1, -0.05) is 67.8 Å². The Morgan fingerprint density at radius 3 is 2.29 bits per heavy atom. The van der Waals surface area contributed by atoms with Crippen molar-refractivity contribution in [3.05, 3.63) is 84.1 Å². The fraction of sp³-hybridized carbons (Fsp3) is 0.464. The van der Waals surface area contributed by atoms with Gasteiger partial charge < -0.3 is 31.2 Å². The smallest absolute Gasteiger partial charge is 0.231 e. The molecule has 1 saturated carbocycles. The number of halogens is 1. The first-order chi connectivity index (χ1) is 16.0. The summed E-state index contributed by atoms with van der Waals surface area (Å²) in [6.07, 6.45) is 8.07. The van der Waals surface area contributed by atoms with E-state index in [0.717, 1.165) is 66.7 Å². The molecule has 0 bridgehead atoms. The highest BCUT2D eigenvalue weighted by molar-refractivity contribution is 5.30. The van der Waals surface area contributed by atoms with Crippen molar-refractivity contribution in [3.63, 3.8) is 0 Å². The molecule has 0 radical (unpaired) electrons. The van der Waals surface area contributed by atoms with Gasteiger partial charge in [0.2, 0.25) is 5.89 Å². The summed E-state index contributed by atoms with van der Waals surface area (Å²) in [6.45, 7) is 2.46. The van der Waals surface area contributed by atoms with Crippen molar-refractivity contribution >= 4 is 0 Å². The van der Waals surface area contributed by atoms with Crippen LogP contribution in [0.25, 0.3) is 0 Å². The zero-order valence-electron chi connectivity index (χ0n) is 20.3. The number of nitrogens with zero attached hydrogens (tertiary/aromatic N) is 2. The molecule has 1 unspecified atom stereocenters. The highest BCUT2D eigenvalue weighted by Gasteiger charge is 2.44. The monoisotopic (exact) mass is 484 g/mol. The van der Waals surface area contributed by atoms with Crippen LogP contribution in [0.15, 0.2) is 71.3 Å². The van der Waals surface area contributed by atoms with E-state index < -0.39 is 5.60 Å². The third-order valence-electron chi connectivity index (χ3n) is 6.96. The van der Waals surface area contributed by atoms with Gasteiger partial charge >= 0.3 is 0 Å². The summed E-state index contributed by atoms with van der Waals surface area (Å²) in [7, 11) is 4.40. The van der Waals surface area contributed by atoms with E-state index >= 15 is 0 Å². The van der Waals surface area contributed by atoms with Gasteiger partial charge in [-0.15, -0.1) is 0 Å². The normalized spacial score (nSPS) is 16.4. The van der Waals surface area contributed by atoms with Gasteiger partial charge in [0.05, 0.1) is 33.3 Å². The van der Waals surface area contributed by atoms with E-state index in [4.69, 9.17) is 9.15 Å². The molecule has 1 aliphatic rings. The number of aliphatic hydroxyl groups is 1. The molecule has 1 fully saturated rings. The molecule has 0 aliphatic heterocycles. The molecule has 1 heterocycles. The molecule has 1 aromatic heterocycles. The van der Waals surface area contributed by atoms with E-state index in [1.807, 2.05) is 60.7 Å². The van der Waals surface area contributed by atoms with Crippen LogP contribution in [-0.4, -0.2) is 48.4 Å². The molecule has 0 amide bonds. The second kappa shape index (κ2) is 11.9. The minimum atomic E-state index is -1.17. The van der Waals surface area contributed by atoms with Crippen LogP contribution in [0.1, 0.15) is 49.3 Å². The SMILES string of the molecule is C[N+](C)(CCOc1ccccc1)CCc1cnc(C(O)(c2ccccc2)C2CCCCC2)o1.[Cl-]. The Morgan fingerprint density at radius 1 is 0.971 bits per heavy atom. The molecule has 1 N–H and O–H groups in total. The van der Waals surface area contributed by atoms with Crippen LogP contribution < -0.4 is 17.1 Å². The average molecular weight is 485 g/mol. The Hall–Kier alpha value is -2.34. The van der Waals surface area contributed by atoms with Gasteiger partial charge in [0, 0.05) is 5.92 Å². The summed E-state index contributed by atoms with van der Waals surface area (Å²) in [5.74, 6) is 2.29. The van der Waals surface area contributed by atoms with Crippen LogP contribution >= 0.6 is 0 Å². The molecule has 34 heavy (non-hydrogen) atoms. The first-order valence-corrected chi connectivity index (χ1v) is 12.2. The Balaban J connectivity index is 0.00000324. The first kappa shape index (κ1) is 26.3.